The number of benzene rings is 2. The van der Waals surface area contributed by atoms with Crippen LogP contribution in [0.2, 0.25) is 5.02 Å². The molecule has 0 atom stereocenters. The zero-order valence-electron chi connectivity index (χ0n) is 14.0. The Balaban J connectivity index is 1.79. The van der Waals surface area contributed by atoms with Gasteiger partial charge in [-0.25, -0.2) is 0 Å². The van der Waals surface area contributed by atoms with Gasteiger partial charge in [-0.15, -0.1) is 0 Å². The van der Waals surface area contributed by atoms with Gasteiger partial charge in [0.2, 0.25) is 0 Å². The van der Waals surface area contributed by atoms with Gasteiger partial charge in [0.15, 0.2) is 0 Å². The number of hydrogen-bond acceptors (Lipinski definition) is 5. The molecule has 0 aliphatic carbocycles. The summed E-state index contributed by atoms with van der Waals surface area (Å²) in [5.74, 6) is -0.228. The van der Waals surface area contributed by atoms with E-state index in [0.29, 0.717) is 49.1 Å². The van der Waals surface area contributed by atoms with Gasteiger partial charge < -0.3 is 15.0 Å². The van der Waals surface area contributed by atoms with Crippen LogP contribution in [0.25, 0.3) is 0 Å². The molecule has 2 aromatic carbocycles. The number of ether oxygens (including phenoxy) is 1. The molecular formula is C18H18ClN3O4. The molecule has 1 saturated heterocycles. The predicted octanol–water partition coefficient (Wildman–Crippen LogP) is 3.33. The molecule has 0 radical (unpaired) electrons. The lowest BCUT2D eigenvalue weighted by molar-refractivity contribution is -0.384. The van der Waals surface area contributed by atoms with Crippen molar-refractivity contribution in [3.8, 4) is 0 Å². The zero-order chi connectivity index (χ0) is 18.5. The van der Waals surface area contributed by atoms with E-state index in [1.807, 2.05) is 18.2 Å². The Bertz CT molecular complexity index is 822. The lowest BCUT2D eigenvalue weighted by atomic mass is 10.1. The number of nitrogens with zero attached hydrogens (tertiary/aromatic N) is 2. The largest absolute Gasteiger partial charge is 0.378 e. The maximum atomic E-state index is 12.5. The van der Waals surface area contributed by atoms with Gasteiger partial charge in [-0.2, -0.15) is 0 Å². The van der Waals surface area contributed by atoms with Crippen LogP contribution in [0.5, 0.6) is 0 Å². The molecule has 1 aliphatic heterocycles. The summed E-state index contributed by atoms with van der Waals surface area (Å²) in [6.45, 7) is 2.27. The van der Waals surface area contributed by atoms with Gasteiger partial charge in [0, 0.05) is 36.3 Å². The number of hydrogen-bond donors (Lipinski definition) is 1. The summed E-state index contributed by atoms with van der Waals surface area (Å²) < 4.78 is 5.23. The summed E-state index contributed by atoms with van der Waals surface area (Å²) in [6, 6.07) is 11.7. The molecule has 1 fully saturated rings. The number of nitrogens with one attached hydrogen (secondary N) is 1. The number of carbonyl (C=O) groups is 1. The maximum absolute atomic E-state index is 12.5. The van der Waals surface area contributed by atoms with Crippen molar-refractivity contribution < 1.29 is 14.5 Å². The molecule has 8 heteroatoms. The molecule has 0 saturated carbocycles. The highest BCUT2D eigenvalue weighted by molar-refractivity contribution is 6.31. The molecule has 3 rings (SSSR count). The third kappa shape index (κ3) is 4.12. The SMILES string of the molecule is O=C(c1ccc(NCc2ccccc2Cl)c([N+](=O)[O-])c1)N1CCOCC1. The second-order valence-electron chi connectivity index (χ2n) is 5.84. The van der Waals surface area contributed by atoms with E-state index in [1.54, 1.807) is 23.1 Å². The third-order valence-electron chi connectivity index (χ3n) is 4.17. The number of carbonyl (C=O) groups excluding carboxylic acids is 1. The molecule has 2 aromatic rings. The van der Waals surface area contributed by atoms with Crippen molar-refractivity contribution in [3.63, 3.8) is 0 Å². The first kappa shape index (κ1) is 18.2. The normalized spacial score (nSPS) is 14.1. The van der Waals surface area contributed by atoms with E-state index in [2.05, 4.69) is 5.32 Å². The number of halogens is 1. The first-order valence-electron chi connectivity index (χ1n) is 8.19. The Morgan fingerprint density at radius 1 is 1.23 bits per heavy atom. The molecule has 0 aromatic heterocycles. The summed E-state index contributed by atoms with van der Waals surface area (Å²) in [4.78, 5) is 25.1. The Kier molecular flexibility index (Phi) is 5.70. The summed E-state index contributed by atoms with van der Waals surface area (Å²) >= 11 is 6.11. The highest BCUT2D eigenvalue weighted by atomic mass is 35.5. The van der Waals surface area contributed by atoms with Crippen LogP contribution >= 0.6 is 11.6 Å². The van der Waals surface area contributed by atoms with Crippen molar-refractivity contribution in [3.05, 3.63) is 68.7 Å². The standard InChI is InChI=1S/C18H18ClN3O4/c19-15-4-2-1-3-14(15)12-20-16-6-5-13(11-17(16)22(24)25)18(23)21-7-9-26-10-8-21/h1-6,11,20H,7-10,12H2. The minimum absolute atomic E-state index is 0.142. The molecule has 0 unspecified atom stereocenters. The van der Waals surface area contributed by atoms with Gasteiger partial charge in [-0.05, 0) is 23.8 Å². The van der Waals surface area contributed by atoms with Crippen LogP contribution in [0.1, 0.15) is 15.9 Å². The zero-order valence-corrected chi connectivity index (χ0v) is 14.7. The van der Waals surface area contributed by atoms with Crippen molar-refractivity contribution in [1.82, 2.24) is 4.90 Å². The first-order chi connectivity index (χ1) is 12.6. The molecule has 1 aliphatic rings. The van der Waals surface area contributed by atoms with Crippen molar-refractivity contribution in [2.75, 3.05) is 31.6 Å². The topological polar surface area (TPSA) is 84.7 Å². The molecule has 1 amide bonds. The van der Waals surface area contributed by atoms with E-state index >= 15 is 0 Å². The van der Waals surface area contributed by atoms with Gasteiger partial charge in [0.1, 0.15) is 5.69 Å². The quantitative estimate of drug-likeness (QED) is 0.640. The number of nitro groups is 1. The minimum atomic E-state index is -0.495. The number of morpholine rings is 1. The molecule has 136 valence electrons. The second kappa shape index (κ2) is 8.16. The fourth-order valence-corrected chi connectivity index (χ4v) is 2.95. The average Bonchev–Trinajstić information content (AvgIpc) is 2.67. The summed E-state index contributed by atoms with van der Waals surface area (Å²) in [7, 11) is 0. The summed E-state index contributed by atoms with van der Waals surface area (Å²) in [5.41, 5.74) is 1.32. The van der Waals surface area contributed by atoms with E-state index < -0.39 is 4.92 Å². The van der Waals surface area contributed by atoms with Gasteiger partial charge in [-0.3, -0.25) is 14.9 Å². The summed E-state index contributed by atoms with van der Waals surface area (Å²) in [6.07, 6.45) is 0. The van der Waals surface area contributed by atoms with Crippen LogP contribution in [0.3, 0.4) is 0 Å². The number of nitro benzene ring substituents is 1. The van der Waals surface area contributed by atoms with E-state index in [9.17, 15) is 14.9 Å². The van der Waals surface area contributed by atoms with Crippen LogP contribution in [-0.2, 0) is 11.3 Å². The van der Waals surface area contributed by atoms with Crippen molar-refractivity contribution in [1.29, 1.82) is 0 Å². The molecule has 7 nitrogen and oxygen atoms in total. The average molecular weight is 376 g/mol. The van der Waals surface area contributed by atoms with Crippen molar-refractivity contribution in [2.24, 2.45) is 0 Å². The van der Waals surface area contributed by atoms with E-state index in [4.69, 9.17) is 16.3 Å². The lowest BCUT2D eigenvalue weighted by Gasteiger charge is -2.26. The molecule has 26 heavy (non-hydrogen) atoms. The molecular weight excluding hydrogens is 358 g/mol. The number of rotatable bonds is 5. The van der Waals surface area contributed by atoms with E-state index in [1.165, 1.54) is 6.07 Å². The van der Waals surface area contributed by atoms with Crippen LogP contribution in [0.15, 0.2) is 42.5 Å². The smallest absolute Gasteiger partial charge is 0.293 e. The Morgan fingerprint density at radius 2 is 1.96 bits per heavy atom. The fourth-order valence-electron chi connectivity index (χ4n) is 2.75. The fraction of sp³-hybridized carbons (Fsp3) is 0.278. The third-order valence-corrected chi connectivity index (χ3v) is 4.54. The Hall–Kier alpha value is -2.64. The minimum Gasteiger partial charge on any atom is -0.378 e. The number of anilines is 1. The highest BCUT2D eigenvalue weighted by Gasteiger charge is 2.22. The molecule has 1 heterocycles. The van der Waals surface area contributed by atoms with Gasteiger partial charge >= 0.3 is 0 Å². The number of amides is 1. The summed E-state index contributed by atoms with van der Waals surface area (Å²) in [5, 5.41) is 15.1. The Labute approximate surface area is 155 Å². The van der Waals surface area contributed by atoms with Crippen molar-refractivity contribution >= 4 is 28.9 Å². The van der Waals surface area contributed by atoms with Crippen molar-refractivity contribution in [2.45, 2.75) is 6.54 Å². The second-order valence-corrected chi connectivity index (χ2v) is 6.25. The monoisotopic (exact) mass is 375 g/mol. The molecule has 0 spiro atoms. The Morgan fingerprint density at radius 3 is 2.65 bits per heavy atom. The maximum Gasteiger partial charge on any atom is 0.293 e. The van der Waals surface area contributed by atoms with Gasteiger partial charge in [0.05, 0.1) is 18.1 Å². The van der Waals surface area contributed by atoms with E-state index in [-0.39, 0.29) is 11.6 Å². The molecule has 0 bridgehead atoms. The van der Waals surface area contributed by atoms with Crippen LogP contribution in [0, 0.1) is 10.1 Å². The van der Waals surface area contributed by atoms with Crippen LogP contribution < -0.4 is 5.32 Å². The van der Waals surface area contributed by atoms with Gasteiger partial charge in [-0.1, -0.05) is 29.8 Å². The lowest BCUT2D eigenvalue weighted by Crippen LogP contribution is -2.40. The van der Waals surface area contributed by atoms with E-state index in [0.717, 1.165) is 5.56 Å². The highest BCUT2D eigenvalue weighted by Crippen LogP contribution is 2.27. The predicted molar refractivity (Wildman–Crippen MR) is 98.6 cm³/mol. The van der Waals surface area contributed by atoms with Gasteiger partial charge in [0.25, 0.3) is 11.6 Å². The molecule has 1 N–H and O–H groups in total. The van der Waals surface area contributed by atoms with Crippen LogP contribution in [0.4, 0.5) is 11.4 Å². The van der Waals surface area contributed by atoms with Crippen LogP contribution in [-0.4, -0.2) is 42.0 Å². The first-order valence-corrected chi connectivity index (χ1v) is 8.57.